The third-order valence-electron chi connectivity index (χ3n) is 9.50. The predicted molar refractivity (Wildman–Crippen MR) is 209 cm³/mol. The van der Waals surface area contributed by atoms with Crippen molar-refractivity contribution in [2.24, 2.45) is 0 Å². The van der Waals surface area contributed by atoms with Crippen LogP contribution in [0.2, 0.25) is 0 Å². The quantitative estimate of drug-likeness (QED) is 0.174. The summed E-state index contributed by atoms with van der Waals surface area (Å²) in [7, 11) is 0. The van der Waals surface area contributed by atoms with Gasteiger partial charge in [-0.2, -0.15) is 0 Å². The van der Waals surface area contributed by atoms with Crippen molar-refractivity contribution in [2.45, 2.75) is 0 Å². The molecule has 0 atom stereocenters. The molecule has 0 spiro atoms. The number of aromatic nitrogens is 5. The number of furan rings is 1. The fourth-order valence-corrected chi connectivity index (χ4v) is 6.81. The second-order valence-corrected chi connectivity index (χ2v) is 12.7. The first-order valence-electron chi connectivity index (χ1n) is 17.1. The molecule has 0 aliphatic heterocycles. The maximum atomic E-state index is 6.08. The second-order valence-electron chi connectivity index (χ2n) is 12.7. The molecule has 244 valence electrons. The van der Waals surface area contributed by atoms with Gasteiger partial charge in [-0.3, -0.25) is 0 Å². The van der Waals surface area contributed by atoms with E-state index in [0.717, 1.165) is 89.0 Å². The van der Waals surface area contributed by atoms with Crippen molar-refractivity contribution in [3.8, 4) is 33.8 Å². The molecular weight excluding hydrogens is 641 g/mol. The van der Waals surface area contributed by atoms with Crippen molar-refractivity contribution in [2.75, 3.05) is 4.90 Å². The minimum absolute atomic E-state index is 0.636. The Morgan fingerprint density at radius 3 is 1.42 bits per heavy atom. The molecule has 52 heavy (non-hydrogen) atoms. The van der Waals surface area contributed by atoms with Crippen LogP contribution in [0.5, 0.6) is 0 Å². The summed E-state index contributed by atoms with van der Waals surface area (Å²) in [6, 6.07) is 57.8. The van der Waals surface area contributed by atoms with Crippen LogP contribution < -0.4 is 4.90 Å². The predicted octanol–water partition coefficient (Wildman–Crippen LogP) is 11.3. The molecule has 0 aliphatic rings. The summed E-state index contributed by atoms with van der Waals surface area (Å²) in [5.41, 5.74) is 11.7. The maximum Gasteiger partial charge on any atom is 0.227 e. The highest BCUT2D eigenvalue weighted by Gasteiger charge is 2.16. The third kappa shape index (κ3) is 5.28. The molecule has 10 aromatic rings. The van der Waals surface area contributed by atoms with Crippen molar-refractivity contribution in [3.05, 3.63) is 170 Å². The SMILES string of the molecule is c1ccc2nnc(-c3ccc(N(c4ccc(-c5cc6ccccc6nn5)cc4)c4ccc(-c5ccc6c(n5)oc5ccccc56)cc4)cc3)cc2c1. The van der Waals surface area contributed by atoms with Crippen LogP contribution >= 0.6 is 0 Å². The lowest BCUT2D eigenvalue weighted by Crippen LogP contribution is -2.10. The monoisotopic (exact) mass is 668 g/mol. The largest absolute Gasteiger partial charge is 0.438 e. The van der Waals surface area contributed by atoms with Gasteiger partial charge >= 0.3 is 0 Å². The molecule has 0 N–H and O–H groups in total. The van der Waals surface area contributed by atoms with Crippen molar-refractivity contribution in [1.82, 2.24) is 25.4 Å². The smallest absolute Gasteiger partial charge is 0.227 e. The summed E-state index contributed by atoms with van der Waals surface area (Å²) in [4.78, 5) is 7.13. The fourth-order valence-electron chi connectivity index (χ4n) is 6.81. The number of hydrogen-bond donors (Lipinski definition) is 0. The van der Waals surface area contributed by atoms with E-state index in [1.54, 1.807) is 0 Å². The Kier molecular flexibility index (Phi) is 6.99. The van der Waals surface area contributed by atoms with Crippen molar-refractivity contribution in [1.29, 1.82) is 0 Å². The molecule has 7 nitrogen and oxygen atoms in total. The van der Waals surface area contributed by atoms with Gasteiger partial charge in [0.25, 0.3) is 0 Å². The second kappa shape index (κ2) is 12.3. The Morgan fingerprint density at radius 2 is 0.865 bits per heavy atom. The Hall–Kier alpha value is -7.25. The number of nitrogens with zero attached hydrogens (tertiary/aromatic N) is 6. The average molecular weight is 669 g/mol. The zero-order valence-electron chi connectivity index (χ0n) is 27.8. The third-order valence-corrected chi connectivity index (χ3v) is 9.50. The van der Waals surface area contributed by atoms with E-state index < -0.39 is 0 Å². The van der Waals surface area contributed by atoms with E-state index in [9.17, 15) is 0 Å². The molecule has 6 aromatic carbocycles. The van der Waals surface area contributed by atoms with Crippen LogP contribution in [0.25, 0.3) is 77.6 Å². The average Bonchev–Trinajstić information content (AvgIpc) is 3.59. The van der Waals surface area contributed by atoms with Gasteiger partial charge in [0.1, 0.15) is 5.58 Å². The summed E-state index contributed by atoms with van der Waals surface area (Å²) >= 11 is 0. The molecule has 7 heteroatoms. The van der Waals surface area contributed by atoms with Gasteiger partial charge in [0.2, 0.25) is 5.71 Å². The van der Waals surface area contributed by atoms with Crippen molar-refractivity contribution >= 4 is 60.9 Å². The molecule has 10 rings (SSSR count). The minimum Gasteiger partial charge on any atom is -0.438 e. The standard InChI is InChI=1S/C45H28N6O/c1-4-10-40-32(7-1)27-42(49-47-40)30-15-21-35(22-16-30)51(36-23-17-31(18-24-36)43-28-33-8-2-5-11-41(33)48-50-43)34-19-13-29(14-20-34)39-26-25-38-37-9-3-6-12-44(37)52-45(38)46-39/h1-28H. The van der Waals surface area contributed by atoms with Crippen LogP contribution in [0.4, 0.5) is 17.1 Å². The van der Waals surface area contributed by atoms with Crippen LogP contribution in [0.1, 0.15) is 0 Å². The number of hydrogen-bond acceptors (Lipinski definition) is 7. The van der Waals surface area contributed by atoms with Crippen LogP contribution in [0, 0.1) is 0 Å². The topological polar surface area (TPSA) is 80.8 Å². The molecule has 4 aromatic heterocycles. The molecule has 0 radical (unpaired) electrons. The summed E-state index contributed by atoms with van der Waals surface area (Å²) in [6.07, 6.45) is 0. The van der Waals surface area contributed by atoms with Gasteiger partial charge in [-0.05, 0) is 78.9 Å². The number of anilines is 3. The summed E-state index contributed by atoms with van der Waals surface area (Å²) in [5.74, 6) is 0. The van der Waals surface area contributed by atoms with E-state index in [0.29, 0.717) is 5.71 Å². The summed E-state index contributed by atoms with van der Waals surface area (Å²) in [5, 5.41) is 22.1. The van der Waals surface area contributed by atoms with Crippen molar-refractivity contribution in [3.63, 3.8) is 0 Å². The molecule has 0 unspecified atom stereocenters. The zero-order chi connectivity index (χ0) is 34.4. The van der Waals surface area contributed by atoms with E-state index in [1.807, 2.05) is 54.6 Å². The van der Waals surface area contributed by atoms with E-state index in [4.69, 9.17) is 9.40 Å². The Balaban J connectivity index is 1.02. The van der Waals surface area contributed by atoms with E-state index in [2.05, 4.69) is 141 Å². The van der Waals surface area contributed by atoms with Crippen LogP contribution in [0.3, 0.4) is 0 Å². The molecule has 0 saturated carbocycles. The van der Waals surface area contributed by atoms with Gasteiger partial charge in [0.15, 0.2) is 0 Å². The molecular formula is C45H28N6O. The Morgan fingerprint density at radius 1 is 0.385 bits per heavy atom. The number of para-hydroxylation sites is 1. The first-order valence-corrected chi connectivity index (χ1v) is 17.1. The highest BCUT2D eigenvalue weighted by Crippen LogP contribution is 2.38. The highest BCUT2D eigenvalue weighted by molar-refractivity contribution is 6.04. The number of fused-ring (bicyclic) bond motifs is 5. The van der Waals surface area contributed by atoms with Gasteiger partial charge in [-0.15, -0.1) is 20.4 Å². The Bertz CT molecular complexity index is 2780. The van der Waals surface area contributed by atoms with Crippen LogP contribution in [-0.2, 0) is 0 Å². The highest BCUT2D eigenvalue weighted by atomic mass is 16.3. The number of rotatable bonds is 6. The minimum atomic E-state index is 0.636. The van der Waals surface area contributed by atoms with E-state index in [1.165, 1.54) is 0 Å². The Labute approximate surface area is 298 Å². The number of benzene rings is 6. The lowest BCUT2D eigenvalue weighted by molar-refractivity contribution is 0.654. The van der Waals surface area contributed by atoms with Gasteiger partial charge in [0, 0.05) is 55.3 Å². The molecule has 0 bridgehead atoms. The summed E-state index contributed by atoms with van der Waals surface area (Å²) in [6.45, 7) is 0. The summed E-state index contributed by atoms with van der Waals surface area (Å²) < 4.78 is 6.08. The zero-order valence-corrected chi connectivity index (χ0v) is 27.8. The van der Waals surface area contributed by atoms with Gasteiger partial charge in [0.05, 0.1) is 28.1 Å². The van der Waals surface area contributed by atoms with Gasteiger partial charge in [-0.1, -0.05) is 91.0 Å². The van der Waals surface area contributed by atoms with Crippen LogP contribution in [0.15, 0.2) is 174 Å². The molecule has 0 fully saturated rings. The molecule has 0 saturated heterocycles. The molecule has 0 amide bonds. The van der Waals surface area contributed by atoms with Crippen LogP contribution in [-0.4, -0.2) is 25.4 Å². The van der Waals surface area contributed by atoms with E-state index in [-0.39, 0.29) is 0 Å². The first-order chi connectivity index (χ1) is 25.7. The van der Waals surface area contributed by atoms with Gasteiger partial charge in [-0.25, -0.2) is 4.98 Å². The first kappa shape index (κ1) is 29.6. The number of pyridine rings is 1. The normalized spacial score (nSPS) is 11.5. The lowest BCUT2D eigenvalue weighted by atomic mass is 10.1. The fraction of sp³-hybridized carbons (Fsp3) is 0. The van der Waals surface area contributed by atoms with Gasteiger partial charge < -0.3 is 9.32 Å². The molecule has 4 heterocycles. The molecule has 0 aliphatic carbocycles. The maximum absolute atomic E-state index is 6.08. The van der Waals surface area contributed by atoms with Crippen molar-refractivity contribution < 1.29 is 4.42 Å². The lowest BCUT2D eigenvalue weighted by Gasteiger charge is -2.26. The van der Waals surface area contributed by atoms with E-state index >= 15 is 0 Å².